The summed E-state index contributed by atoms with van der Waals surface area (Å²) in [6.45, 7) is 2.30. The zero-order valence-corrected chi connectivity index (χ0v) is 37.3. The summed E-state index contributed by atoms with van der Waals surface area (Å²) in [7, 11) is 0. The zero-order valence-electron chi connectivity index (χ0n) is 37.3. The molecule has 4 heterocycles. The van der Waals surface area contributed by atoms with E-state index in [4.69, 9.17) is 14.4 Å². The third-order valence-corrected chi connectivity index (χ3v) is 14.1. The van der Waals surface area contributed by atoms with Gasteiger partial charge in [-0.05, 0) is 106 Å². The van der Waals surface area contributed by atoms with Crippen LogP contribution in [0, 0.1) is 5.92 Å². The average molecular weight is 871 g/mol. The van der Waals surface area contributed by atoms with Gasteiger partial charge in [0.25, 0.3) is 0 Å². The van der Waals surface area contributed by atoms with E-state index in [1.165, 1.54) is 43.2 Å². The van der Waals surface area contributed by atoms with E-state index in [1.54, 1.807) is 0 Å². The fourth-order valence-corrected chi connectivity index (χ4v) is 10.8. The number of allylic oxidation sites excluding steroid dienone is 1. The normalized spacial score (nSPS) is 15.4. The van der Waals surface area contributed by atoms with E-state index < -0.39 is 0 Å². The molecule has 0 bridgehead atoms. The molecule has 13 aromatic rings. The fraction of sp³-hybridized carbons (Fsp3) is 0.0476. The average Bonchev–Trinajstić information content (AvgIpc) is 4.03. The summed E-state index contributed by atoms with van der Waals surface area (Å²) < 4.78 is 11.5. The molecule has 0 radical (unpaired) electrons. The molecule has 0 spiro atoms. The lowest BCUT2D eigenvalue weighted by Crippen LogP contribution is -2.17. The molecular formula is C63H42N4O. The van der Waals surface area contributed by atoms with Gasteiger partial charge in [0, 0.05) is 55.0 Å². The van der Waals surface area contributed by atoms with Gasteiger partial charge in [0.1, 0.15) is 11.2 Å². The Hall–Kier alpha value is -8.80. The molecule has 68 heavy (non-hydrogen) atoms. The minimum Gasteiger partial charge on any atom is -0.456 e. The lowest BCUT2D eigenvalue weighted by atomic mass is 9.92. The van der Waals surface area contributed by atoms with E-state index in [0.717, 1.165) is 89.8 Å². The van der Waals surface area contributed by atoms with Gasteiger partial charge in [-0.3, -0.25) is 0 Å². The molecule has 1 unspecified atom stereocenters. The van der Waals surface area contributed by atoms with E-state index in [9.17, 15) is 0 Å². The maximum absolute atomic E-state index is 6.68. The summed E-state index contributed by atoms with van der Waals surface area (Å²) >= 11 is 0. The first kappa shape index (κ1) is 38.5. The monoisotopic (exact) mass is 870 g/mol. The number of aliphatic imine (C=N–C) groups is 2. The molecule has 1 atom stereocenters. The smallest absolute Gasteiger partial charge is 0.160 e. The molecule has 14 rings (SSSR count). The van der Waals surface area contributed by atoms with Gasteiger partial charge < -0.3 is 13.6 Å². The Kier molecular flexibility index (Phi) is 8.56. The summed E-state index contributed by atoms with van der Waals surface area (Å²) in [5, 5.41) is 11.7. The Morgan fingerprint density at radius 2 is 1.04 bits per heavy atom. The third kappa shape index (κ3) is 6.02. The largest absolute Gasteiger partial charge is 0.456 e. The van der Waals surface area contributed by atoms with Crippen molar-refractivity contribution < 1.29 is 4.42 Å². The Balaban J connectivity index is 1.02. The molecule has 0 fully saturated rings. The van der Waals surface area contributed by atoms with Crippen molar-refractivity contribution in [2.24, 2.45) is 15.9 Å². The van der Waals surface area contributed by atoms with Crippen LogP contribution in [0.25, 0.3) is 104 Å². The SMILES string of the molecule is CC1C/C=C(\c2cc3oc4ccccc4c3cc2-n2c3ccccc3c3cc4ccccc4cc32)N=C(c2ccc3ccccc3c2)N=C1c1ccc2c(c1)c1ccccc1n2-c1ccccc1. The first-order valence-corrected chi connectivity index (χ1v) is 23.4. The van der Waals surface area contributed by atoms with Gasteiger partial charge in [-0.1, -0.05) is 153 Å². The molecule has 3 aromatic heterocycles. The second-order valence-electron chi connectivity index (χ2n) is 18.2. The van der Waals surface area contributed by atoms with Crippen LogP contribution in [-0.2, 0) is 0 Å². The van der Waals surface area contributed by atoms with Crippen LogP contribution in [0.15, 0.2) is 233 Å². The Bertz CT molecular complexity index is 4310. The molecule has 1 aliphatic heterocycles. The van der Waals surface area contributed by atoms with Crippen LogP contribution < -0.4 is 0 Å². The van der Waals surface area contributed by atoms with Crippen LogP contribution in [0.4, 0.5) is 0 Å². The van der Waals surface area contributed by atoms with Crippen LogP contribution in [0.3, 0.4) is 0 Å². The van der Waals surface area contributed by atoms with Gasteiger partial charge in [-0.25, -0.2) is 9.98 Å². The Morgan fingerprint density at radius 3 is 1.84 bits per heavy atom. The number of para-hydroxylation sites is 4. The van der Waals surface area contributed by atoms with Crippen molar-refractivity contribution in [1.29, 1.82) is 0 Å². The second kappa shape index (κ2) is 15.1. The van der Waals surface area contributed by atoms with Crippen LogP contribution in [0.5, 0.6) is 0 Å². The number of fused-ring (bicyclic) bond motifs is 11. The summed E-state index contributed by atoms with van der Waals surface area (Å²) in [5.74, 6) is 0.716. The molecule has 5 heteroatoms. The van der Waals surface area contributed by atoms with E-state index in [0.29, 0.717) is 5.84 Å². The molecule has 0 saturated heterocycles. The van der Waals surface area contributed by atoms with Gasteiger partial charge in [-0.2, -0.15) is 0 Å². The highest BCUT2D eigenvalue weighted by molar-refractivity contribution is 6.19. The van der Waals surface area contributed by atoms with E-state index in [-0.39, 0.29) is 5.92 Å². The predicted octanol–water partition coefficient (Wildman–Crippen LogP) is 16.4. The molecule has 1 aliphatic rings. The van der Waals surface area contributed by atoms with Crippen molar-refractivity contribution >= 4 is 104 Å². The number of rotatable bonds is 5. The van der Waals surface area contributed by atoms with Crippen molar-refractivity contribution in [3.8, 4) is 11.4 Å². The number of hydrogen-bond acceptors (Lipinski definition) is 3. The van der Waals surface area contributed by atoms with Crippen molar-refractivity contribution in [3.63, 3.8) is 0 Å². The highest BCUT2D eigenvalue weighted by Crippen LogP contribution is 2.42. The maximum Gasteiger partial charge on any atom is 0.160 e. The predicted molar refractivity (Wildman–Crippen MR) is 285 cm³/mol. The summed E-state index contributed by atoms with van der Waals surface area (Å²) in [6, 6.07) is 76.3. The number of benzene rings is 10. The van der Waals surface area contributed by atoms with E-state index >= 15 is 0 Å². The quantitative estimate of drug-likeness (QED) is 0.170. The summed E-state index contributed by atoms with van der Waals surface area (Å²) in [6.07, 6.45) is 3.05. The first-order chi connectivity index (χ1) is 33.6. The van der Waals surface area contributed by atoms with E-state index in [2.05, 4.69) is 228 Å². The van der Waals surface area contributed by atoms with Crippen molar-refractivity contribution in [2.75, 3.05) is 0 Å². The van der Waals surface area contributed by atoms with E-state index in [1.807, 2.05) is 6.07 Å². The Labute approximate surface area is 391 Å². The van der Waals surface area contributed by atoms with Crippen molar-refractivity contribution in [2.45, 2.75) is 13.3 Å². The molecular weight excluding hydrogens is 829 g/mol. The number of amidine groups is 1. The number of hydrogen-bond donors (Lipinski definition) is 0. The second-order valence-corrected chi connectivity index (χ2v) is 18.2. The fourth-order valence-electron chi connectivity index (χ4n) is 10.8. The van der Waals surface area contributed by atoms with Crippen LogP contribution in [0.2, 0.25) is 0 Å². The zero-order chi connectivity index (χ0) is 44.9. The molecule has 0 aliphatic carbocycles. The van der Waals surface area contributed by atoms with Crippen LogP contribution in [0.1, 0.15) is 30.0 Å². The first-order valence-electron chi connectivity index (χ1n) is 23.4. The van der Waals surface area contributed by atoms with Gasteiger partial charge in [0.15, 0.2) is 5.84 Å². The molecule has 320 valence electrons. The van der Waals surface area contributed by atoms with Gasteiger partial charge in [0.05, 0.1) is 39.2 Å². The molecule has 0 amide bonds. The minimum atomic E-state index is 0.0499. The topological polar surface area (TPSA) is 47.7 Å². The number of furan rings is 1. The van der Waals surface area contributed by atoms with Crippen molar-refractivity contribution in [3.05, 3.63) is 235 Å². The lowest BCUT2D eigenvalue weighted by Gasteiger charge is -2.20. The highest BCUT2D eigenvalue weighted by Gasteiger charge is 2.25. The molecule has 0 N–H and O–H groups in total. The van der Waals surface area contributed by atoms with Crippen LogP contribution >= 0.6 is 0 Å². The van der Waals surface area contributed by atoms with Crippen LogP contribution in [-0.4, -0.2) is 20.7 Å². The molecule has 0 saturated carbocycles. The van der Waals surface area contributed by atoms with Crippen molar-refractivity contribution in [1.82, 2.24) is 9.13 Å². The standard InChI is InChI=1S/C63H42N4O/c1-39-27-31-54(53-38-61-52(49-23-11-14-26-60(49)68-61)37-59(53)67-56-25-13-10-22-48(56)51-34-42-17-7-8-18-43(42)36-58(51)67)64-63(45-29-28-40-15-5-6-16-41(40)33-45)65-62(39)44-30-32-57-50(35-44)47-21-9-12-24-55(47)66(57)46-19-3-2-4-20-46/h2-26,28-39H,27H2,1H3/b54-31+,64-63?,65-62?. The number of aromatic nitrogens is 2. The lowest BCUT2D eigenvalue weighted by molar-refractivity contribution is 0.668. The maximum atomic E-state index is 6.68. The number of nitrogens with zero attached hydrogens (tertiary/aromatic N) is 4. The summed E-state index contributed by atoms with van der Waals surface area (Å²) in [4.78, 5) is 11.4. The Morgan fingerprint density at radius 1 is 0.426 bits per heavy atom. The molecule has 5 nitrogen and oxygen atoms in total. The summed E-state index contributed by atoms with van der Waals surface area (Å²) in [5.41, 5.74) is 13.4. The third-order valence-electron chi connectivity index (χ3n) is 14.1. The van der Waals surface area contributed by atoms with Gasteiger partial charge in [-0.15, -0.1) is 0 Å². The van der Waals surface area contributed by atoms with Gasteiger partial charge >= 0.3 is 0 Å². The molecule has 10 aromatic carbocycles. The highest BCUT2D eigenvalue weighted by atomic mass is 16.3. The van der Waals surface area contributed by atoms with Gasteiger partial charge in [0.2, 0.25) is 0 Å². The minimum absolute atomic E-state index is 0.0499.